The molecule has 0 atom stereocenters. The molecule has 0 aromatic carbocycles. The lowest BCUT2D eigenvalue weighted by molar-refractivity contribution is -0.164. The van der Waals surface area contributed by atoms with Gasteiger partial charge in [-0.1, -0.05) is 13.8 Å². The van der Waals surface area contributed by atoms with Crippen LogP contribution in [0.3, 0.4) is 0 Å². The molecule has 0 heterocycles. The van der Waals surface area contributed by atoms with Gasteiger partial charge in [0.15, 0.2) is 0 Å². The summed E-state index contributed by atoms with van der Waals surface area (Å²) >= 11 is 0. The SMILES string of the molecule is CC(C)CNC1(C(=O)O)C2CC3CC(C2)CC1C3. The summed E-state index contributed by atoms with van der Waals surface area (Å²) in [6.07, 6.45) is 5.94. The Balaban J connectivity index is 1.87. The maximum atomic E-state index is 12.0. The van der Waals surface area contributed by atoms with E-state index in [4.69, 9.17) is 0 Å². The standard InChI is InChI=1S/C15H25NO2/c1-9(2)8-16-15(14(17)18)12-4-10-3-11(6-12)7-13(15)5-10/h9-13,16H,3-8H2,1-2H3,(H,17,18). The molecule has 2 N–H and O–H groups in total. The minimum absolute atomic E-state index is 0.380. The number of aliphatic carboxylic acids is 1. The summed E-state index contributed by atoms with van der Waals surface area (Å²) in [5.41, 5.74) is -0.600. The molecule has 0 spiro atoms. The van der Waals surface area contributed by atoms with Crippen LogP contribution < -0.4 is 5.32 Å². The maximum absolute atomic E-state index is 12.0. The molecule has 4 saturated carbocycles. The largest absolute Gasteiger partial charge is 0.480 e. The Kier molecular flexibility index (Phi) is 2.92. The van der Waals surface area contributed by atoms with Crippen molar-refractivity contribution in [3.05, 3.63) is 0 Å². The fourth-order valence-corrected chi connectivity index (χ4v) is 5.01. The van der Waals surface area contributed by atoms with E-state index in [2.05, 4.69) is 19.2 Å². The summed E-state index contributed by atoms with van der Waals surface area (Å²) in [6.45, 7) is 5.13. The Morgan fingerprint density at radius 2 is 1.67 bits per heavy atom. The Morgan fingerprint density at radius 3 is 2.06 bits per heavy atom. The van der Waals surface area contributed by atoms with E-state index in [0.717, 1.165) is 44.1 Å². The second-order valence-electron chi connectivity index (χ2n) is 7.25. The first-order chi connectivity index (χ1) is 8.52. The van der Waals surface area contributed by atoms with Crippen LogP contribution in [0.4, 0.5) is 0 Å². The topological polar surface area (TPSA) is 49.3 Å². The van der Waals surface area contributed by atoms with E-state index >= 15 is 0 Å². The van der Waals surface area contributed by atoms with Crippen LogP contribution in [-0.4, -0.2) is 23.2 Å². The van der Waals surface area contributed by atoms with E-state index in [1.54, 1.807) is 0 Å². The summed E-state index contributed by atoms with van der Waals surface area (Å²) in [7, 11) is 0. The normalized spacial score (nSPS) is 45.7. The zero-order chi connectivity index (χ0) is 12.9. The average molecular weight is 251 g/mol. The molecule has 4 fully saturated rings. The molecule has 3 nitrogen and oxygen atoms in total. The molecule has 3 heteroatoms. The van der Waals surface area contributed by atoms with Gasteiger partial charge in [-0.25, -0.2) is 0 Å². The van der Waals surface area contributed by atoms with Gasteiger partial charge in [-0.05, 0) is 68.2 Å². The van der Waals surface area contributed by atoms with Gasteiger partial charge in [0, 0.05) is 0 Å². The predicted octanol–water partition coefficient (Wildman–Crippen LogP) is 2.51. The quantitative estimate of drug-likeness (QED) is 0.807. The van der Waals surface area contributed by atoms with E-state index in [-0.39, 0.29) is 0 Å². The Bertz CT molecular complexity index is 322. The van der Waals surface area contributed by atoms with Crippen molar-refractivity contribution in [2.45, 2.75) is 51.5 Å². The van der Waals surface area contributed by atoms with Crippen LogP contribution >= 0.6 is 0 Å². The van der Waals surface area contributed by atoms with Crippen LogP contribution in [-0.2, 0) is 4.79 Å². The highest BCUT2D eigenvalue weighted by Crippen LogP contribution is 2.58. The van der Waals surface area contributed by atoms with Gasteiger partial charge >= 0.3 is 5.97 Å². The van der Waals surface area contributed by atoms with Crippen molar-refractivity contribution in [1.29, 1.82) is 0 Å². The minimum atomic E-state index is -0.600. The number of hydrogen-bond donors (Lipinski definition) is 2. The first kappa shape index (κ1) is 12.5. The third kappa shape index (κ3) is 1.70. The molecule has 0 unspecified atom stereocenters. The van der Waals surface area contributed by atoms with Crippen molar-refractivity contribution in [3.8, 4) is 0 Å². The van der Waals surface area contributed by atoms with Crippen LogP contribution in [0.15, 0.2) is 0 Å². The lowest BCUT2D eigenvalue weighted by Crippen LogP contribution is -2.69. The summed E-state index contributed by atoms with van der Waals surface area (Å²) in [5, 5.41) is 13.3. The number of rotatable bonds is 4. The van der Waals surface area contributed by atoms with Crippen LogP contribution in [0, 0.1) is 29.6 Å². The molecule has 4 bridgehead atoms. The zero-order valence-electron chi connectivity index (χ0n) is 11.5. The minimum Gasteiger partial charge on any atom is -0.480 e. The molecular weight excluding hydrogens is 226 g/mol. The van der Waals surface area contributed by atoms with Gasteiger partial charge in [0.2, 0.25) is 0 Å². The van der Waals surface area contributed by atoms with Crippen molar-refractivity contribution in [2.75, 3.05) is 6.54 Å². The van der Waals surface area contributed by atoms with Crippen LogP contribution in [0.5, 0.6) is 0 Å². The molecule has 102 valence electrons. The van der Waals surface area contributed by atoms with Gasteiger partial charge in [-0.2, -0.15) is 0 Å². The molecule has 0 saturated heterocycles. The third-order valence-electron chi connectivity index (χ3n) is 5.58. The average Bonchev–Trinajstić information content (AvgIpc) is 2.26. The number of carboxylic acids is 1. The molecular formula is C15H25NO2. The van der Waals surface area contributed by atoms with Gasteiger partial charge in [-0.3, -0.25) is 4.79 Å². The second kappa shape index (κ2) is 4.22. The Morgan fingerprint density at radius 1 is 1.17 bits per heavy atom. The monoisotopic (exact) mass is 251 g/mol. The van der Waals surface area contributed by atoms with E-state index in [9.17, 15) is 9.90 Å². The van der Waals surface area contributed by atoms with Crippen LogP contribution in [0.1, 0.15) is 46.0 Å². The van der Waals surface area contributed by atoms with Gasteiger partial charge in [-0.15, -0.1) is 0 Å². The summed E-state index contributed by atoms with van der Waals surface area (Å²) < 4.78 is 0. The Hall–Kier alpha value is -0.570. The number of hydrogen-bond acceptors (Lipinski definition) is 2. The number of carboxylic acid groups (broad SMARTS) is 1. The number of nitrogens with one attached hydrogen (secondary N) is 1. The smallest absolute Gasteiger partial charge is 0.324 e. The third-order valence-corrected chi connectivity index (χ3v) is 5.58. The molecule has 0 aromatic rings. The molecule has 4 aliphatic carbocycles. The zero-order valence-corrected chi connectivity index (χ0v) is 11.5. The van der Waals surface area contributed by atoms with Crippen molar-refractivity contribution < 1.29 is 9.90 Å². The highest BCUT2D eigenvalue weighted by Gasteiger charge is 2.61. The molecule has 0 radical (unpaired) electrons. The van der Waals surface area contributed by atoms with Crippen LogP contribution in [0.2, 0.25) is 0 Å². The summed E-state index contributed by atoms with van der Waals surface area (Å²) in [5.74, 6) is 2.33. The second-order valence-corrected chi connectivity index (χ2v) is 7.25. The van der Waals surface area contributed by atoms with Crippen molar-refractivity contribution in [3.63, 3.8) is 0 Å². The highest BCUT2D eigenvalue weighted by atomic mass is 16.4. The summed E-state index contributed by atoms with van der Waals surface area (Å²) in [4.78, 5) is 12.0. The lowest BCUT2D eigenvalue weighted by Gasteiger charge is -2.59. The molecule has 4 aliphatic rings. The first-order valence-electron chi connectivity index (χ1n) is 7.50. The first-order valence-corrected chi connectivity index (χ1v) is 7.50. The van der Waals surface area contributed by atoms with Gasteiger partial charge < -0.3 is 10.4 Å². The van der Waals surface area contributed by atoms with Gasteiger partial charge in [0.05, 0.1) is 0 Å². The fraction of sp³-hybridized carbons (Fsp3) is 0.933. The molecule has 18 heavy (non-hydrogen) atoms. The fourth-order valence-electron chi connectivity index (χ4n) is 5.01. The van der Waals surface area contributed by atoms with E-state index in [1.807, 2.05) is 0 Å². The van der Waals surface area contributed by atoms with Gasteiger partial charge in [0.25, 0.3) is 0 Å². The van der Waals surface area contributed by atoms with Crippen molar-refractivity contribution >= 4 is 5.97 Å². The van der Waals surface area contributed by atoms with E-state index < -0.39 is 11.5 Å². The number of carbonyl (C=O) groups is 1. The molecule has 0 aliphatic heterocycles. The summed E-state index contributed by atoms with van der Waals surface area (Å²) in [6, 6.07) is 0. The van der Waals surface area contributed by atoms with Crippen molar-refractivity contribution in [2.24, 2.45) is 29.6 Å². The highest BCUT2D eigenvalue weighted by molar-refractivity contribution is 5.80. The van der Waals surface area contributed by atoms with Crippen LogP contribution in [0.25, 0.3) is 0 Å². The Labute approximate surface area is 109 Å². The molecule has 4 rings (SSSR count). The predicted molar refractivity (Wildman–Crippen MR) is 70.3 cm³/mol. The van der Waals surface area contributed by atoms with E-state index in [0.29, 0.717) is 17.8 Å². The lowest BCUT2D eigenvalue weighted by atomic mass is 9.48. The van der Waals surface area contributed by atoms with Crippen molar-refractivity contribution in [1.82, 2.24) is 5.32 Å². The van der Waals surface area contributed by atoms with Gasteiger partial charge in [0.1, 0.15) is 5.54 Å². The molecule has 0 aromatic heterocycles. The maximum Gasteiger partial charge on any atom is 0.324 e. The molecule has 0 amide bonds. The van der Waals surface area contributed by atoms with E-state index in [1.165, 1.54) is 6.42 Å².